The third-order valence-electron chi connectivity index (χ3n) is 3.32. The molecule has 15 heavy (non-hydrogen) atoms. The van der Waals surface area contributed by atoms with E-state index in [-0.39, 0.29) is 0 Å². The summed E-state index contributed by atoms with van der Waals surface area (Å²) in [6.07, 6.45) is 1.44. The van der Waals surface area contributed by atoms with E-state index >= 15 is 0 Å². The van der Waals surface area contributed by atoms with Crippen molar-refractivity contribution in [3.05, 3.63) is 22.4 Å². The zero-order valence-corrected chi connectivity index (χ0v) is 9.59. The van der Waals surface area contributed by atoms with Gasteiger partial charge in [0.25, 0.3) is 0 Å². The average Bonchev–Trinajstić information content (AvgIpc) is 2.72. The van der Waals surface area contributed by atoms with Crippen LogP contribution in [0.15, 0.2) is 16.8 Å². The summed E-state index contributed by atoms with van der Waals surface area (Å²) < 4.78 is 0. The summed E-state index contributed by atoms with van der Waals surface area (Å²) in [4.78, 5) is 13.7. The fourth-order valence-electron chi connectivity index (χ4n) is 2.16. The van der Waals surface area contributed by atoms with Gasteiger partial charge in [-0.25, -0.2) is 0 Å². The van der Waals surface area contributed by atoms with Crippen molar-refractivity contribution in [3.63, 3.8) is 0 Å². The van der Waals surface area contributed by atoms with Gasteiger partial charge in [0.1, 0.15) is 0 Å². The molecule has 1 fully saturated rings. The van der Waals surface area contributed by atoms with Gasteiger partial charge in [0, 0.05) is 0 Å². The molecule has 82 valence electrons. The van der Waals surface area contributed by atoms with E-state index in [4.69, 9.17) is 0 Å². The number of nitrogens with zero attached hydrogens (tertiary/aromatic N) is 1. The third kappa shape index (κ3) is 1.79. The predicted octanol–water partition coefficient (Wildman–Crippen LogP) is 1.80. The number of piperidine rings is 1. The quantitative estimate of drug-likeness (QED) is 0.834. The smallest absolute Gasteiger partial charge is 0.314 e. The molecule has 2 heterocycles. The fraction of sp³-hybridized carbons (Fsp3) is 0.545. The Hall–Kier alpha value is -0.870. The molecule has 0 bridgehead atoms. The summed E-state index contributed by atoms with van der Waals surface area (Å²) in [5.74, 6) is -0.672. The Labute approximate surface area is 93.3 Å². The molecule has 1 aromatic rings. The molecule has 1 saturated heterocycles. The predicted molar refractivity (Wildman–Crippen MR) is 60.4 cm³/mol. The van der Waals surface area contributed by atoms with Gasteiger partial charge in [-0.1, -0.05) is 0 Å². The van der Waals surface area contributed by atoms with E-state index in [1.165, 1.54) is 0 Å². The molecule has 0 unspecified atom stereocenters. The fourth-order valence-corrected chi connectivity index (χ4v) is 2.92. The Kier molecular flexibility index (Phi) is 2.80. The molecule has 0 atom stereocenters. The van der Waals surface area contributed by atoms with Crippen molar-refractivity contribution in [2.45, 2.75) is 18.3 Å². The Morgan fingerprint density at radius 1 is 1.53 bits per heavy atom. The monoisotopic (exact) mass is 225 g/mol. The molecular weight excluding hydrogens is 210 g/mol. The van der Waals surface area contributed by atoms with Crippen LogP contribution in [-0.4, -0.2) is 36.1 Å². The minimum Gasteiger partial charge on any atom is -0.481 e. The van der Waals surface area contributed by atoms with Gasteiger partial charge in [-0.05, 0) is 55.4 Å². The summed E-state index contributed by atoms with van der Waals surface area (Å²) in [6.45, 7) is 1.73. The van der Waals surface area contributed by atoms with E-state index in [9.17, 15) is 9.90 Å². The maximum atomic E-state index is 11.5. The van der Waals surface area contributed by atoms with E-state index in [0.717, 1.165) is 31.5 Å². The van der Waals surface area contributed by atoms with Gasteiger partial charge < -0.3 is 10.0 Å². The largest absolute Gasteiger partial charge is 0.481 e. The highest BCUT2D eigenvalue weighted by molar-refractivity contribution is 7.08. The molecule has 2 rings (SSSR count). The molecular formula is C11H15NO2S. The first-order valence-corrected chi connectivity index (χ1v) is 6.04. The zero-order chi connectivity index (χ0) is 10.9. The van der Waals surface area contributed by atoms with Crippen LogP contribution in [0.1, 0.15) is 18.4 Å². The Balaban J connectivity index is 2.30. The maximum Gasteiger partial charge on any atom is 0.314 e. The lowest BCUT2D eigenvalue weighted by atomic mass is 9.74. The minimum atomic E-state index is -0.672. The second-order valence-electron chi connectivity index (χ2n) is 4.20. The van der Waals surface area contributed by atoms with Gasteiger partial charge in [0.2, 0.25) is 0 Å². The van der Waals surface area contributed by atoms with Gasteiger partial charge in [0.05, 0.1) is 5.41 Å². The number of carbonyl (C=O) groups is 1. The number of hydrogen-bond acceptors (Lipinski definition) is 3. The van der Waals surface area contributed by atoms with E-state index < -0.39 is 11.4 Å². The molecule has 1 aliphatic rings. The normalized spacial score (nSPS) is 21.4. The maximum absolute atomic E-state index is 11.5. The number of carboxylic acids is 1. The SMILES string of the molecule is CN1CCC(C(=O)O)(c2ccsc2)CC1. The van der Waals surface area contributed by atoms with Gasteiger partial charge >= 0.3 is 5.97 Å². The van der Waals surface area contributed by atoms with Crippen molar-refractivity contribution in [2.24, 2.45) is 0 Å². The van der Waals surface area contributed by atoms with Crippen molar-refractivity contribution in [1.29, 1.82) is 0 Å². The highest BCUT2D eigenvalue weighted by atomic mass is 32.1. The number of thiophene rings is 1. The van der Waals surface area contributed by atoms with Crippen LogP contribution in [0.5, 0.6) is 0 Å². The van der Waals surface area contributed by atoms with Crippen LogP contribution in [0.4, 0.5) is 0 Å². The molecule has 1 N–H and O–H groups in total. The number of carboxylic acid groups (broad SMARTS) is 1. The molecule has 1 aliphatic heterocycles. The lowest BCUT2D eigenvalue weighted by molar-refractivity contribution is -0.145. The van der Waals surface area contributed by atoms with Gasteiger partial charge in [-0.3, -0.25) is 4.79 Å². The first-order chi connectivity index (χ1) is 7.15. The van der Waals surface area contributed by atoms with Crippen LogP contribution >= 0.6 is 11.3 Å². The molecule has 0 saturated carbocycles. The number of rotatable bonds is 2. The minimum absolute atomic E-state index is 0.632. The van der Waals surface area contributed by atoms with E-state index in [0.29, 0.717) is 0 Å². The zero-order valence-electron chi connectivity index (χ0n) is 8.77. The van der Waals surface area contributed by atoms with Crippen molar-refractivity contribution < 1.29 is 9.90 Å². The lowest BCUT2D eigenvalue weighted by Gasteiger charge is -2.37. The highest BCUT2D eigenvalue weighted by Gasteiger charge is 2.42. The topological polar surface area (TPSA) is 40.5 Å². The first kappa shape index (κ1) is 10.6. The standard InChI is InChI=1S/C11H15NO2S/c1-12-5-3-11(4-6-12,10(13)14)9-2-7-15-8-9/h2,7-8H,3-6H2,1H3,(H,13,14). The number of hydrogen-bond donors (Lipinski definition) is 1. The van der Waals surface area contributed by atoms with Crippen LogP contribution < -0.4 is 0 Å². The van der Waals surface area contributed by atoms with E-state index in [1.54, 1.807) is 11.3 Å². The van der Waals surface area contributed by atoms with E-state index in [1.807, 2.05) is 23.9 Å². The molecule has 0 spiro atoms. The molecule has 4 heteroatoms. The number of likely N-dealkylation sites (tertiary alicyclic amines) is 1. The van der Waals surface area contributed by atoms with Crippen molar-refractivity contribution >= 4 is 17.3 Å². The summed E-state index contributed by atoms with van der Waals surface area (Å²) in [5, 5.41) is 13.4. The Morgan fingerprint density at radius 2 is 2.20 bits per heavy atom. The Morgan fingerprint density at radius 3 is 2.67 bits per heavy atom. The molecule has 0 amide bonds. The summed E-state index contributed by atoms with van der Waals surface area (Å²) in [6, 6.07) is 1.95. The van der Waals surface area contributed by atoms with Crippen LogP contribution in [0.3, 0.4) is 0 Å². The highest BCUT2D eigenvalue weighted by Crippen LogP contribution is 2.36. The molecule has 1 aromatic heterocycles. The average molecular weight is 225 g/mol. The molecule has 3 nitrogen and oxygen atoms in total. The molecule has 0 aromatic carbocycles. The Bertz CT molecular complexity index is 339. The van der Waals surface area contributed by atoms with E-state index in [2.05, 4.69) is 4.90 Å². The summed E-state index contributed by atoms with van der Waals surface area (Å²) in [5.41, 5.74) is 0.347. The van der Waals surface area contributed by atoms with Crippen LogP contribution in [-0.2, 0) is 10.2 Å². The van der Waals surface area contributed by atoms with Gasteiger partial charge in [-0.2, -0.15) is 11.3 Å². The second kappa shape index (κ2) is 3.94. The van der Waals surface area contributed by atoms with Crippen molar-refractivity contribution in [1.82, 2.24) is 4.90 Å². The summed E-state index contributed by atoms with van der Waals surface area (Å²) >= 11 is 1.57. The first-order valence-electron chi connectivity index (χ1n) is 5.10. The lowest BCUT2D eigenvalue weighted by Crippen LogP contribution is -2.45. The number of aliphatic carboxylic acids is 1. The van der Waals surface area contributed by atoms with Gasteiger partial charge in [0.15, 0.2) is 0 Å². The second-order valence-corrected chi connectivity index (χ2v) is 4.98. The van der Waals surface area contributed by atoms with Crippen molar-refractivity contribution in [3.8, 4) is 0 Å². The molecule has 0 aliphatic carbocycles. The van der Waals surface area contributed by atoms with Gasteiger partial charge in [-0.15, -0.1) is 0 Å². The van der Waals surface area contributed by atoms with Crippen molar-refractivity contribution in [2.75, 3.05) is 20.1 Å². The van der Waals surface area contributed by atoms with Crippen LogP contribution in [0.25, 0.3) is 0 Å². The summed E-state index contributed by atoms with van der Waals surface area (Å²) in [7, 11) is 2.04. The third-order valence-corrected chi connectivity index (χ3v) is 4.01. The van der Waals surface area contributed by atoms with Crippen LogP contribution in [0.2, 0.25) is 0 Å². The van der Waals surface area contributed by atoms with Crippen LogP contribution in [0, 0.1) is 0 Å². The molecule has 0 radical (unpaired) electrons.